The number of rotatable bonds is 6. The van der Waals surface area contributed by atoms with E-state index in [0.717, 1.165) is 5.56 Å². The first kappa shape index (κ1) is 15.2. The number of ketones is 1. The second kappa shape index (κ2) is 6.33. The molecule has 1 aromatic carbocycles. The number of carbonyl (C=O) groups excluding carboxylic acids is 1. The Hall–Kier alpha value is -1.88. The highest BCUT2D eigenvalue weighted by Gasteiger charge is 2.22. The first-order valence-electron chi connectivity index (χ1n) is 6.06. The van der Waals surface area contributed by atoms with Crippen molar-refractivity contribution in [2.75, 3.05) is 7.11 Å². The lowest BCUT2D eigenvalue weighted by Crippen LogP contribution is -2.33. The van der Waals surface area contributed by atoms with Gasteiger partial charge >= 0.3 is 5.97 Å². The maximum absolute atomic E-state index is 12.2. The molecule has 5 nitrogen and oxygen atoms in total. The molecule has 0 radical (unpaired) electrons. The van der Waals surface area contributed by atoms with Crippen LogP contribution in [0.15, 0.2) is 18.2 Å². The van der Waals surface area contributed by atoms with Gasteiger partial charge in [0.25, 0.3) is 0 Å². The maximum Gasteiger partial charge on any atom is 0.305 e. The molecule has 1 atom stereocenters. The average molecular weight is 265 g/mol. The van der Waals surface area contributed by atoms with Gasteiger partial charge < -0.3 is 15.6 Å². The van der Waals surface area contributed by atoms with Crippen molar-refractivity contribution in [2.45, 2.75) is 32.2 Å². The van der Waals surface area contributed by atoms with Crippen molar-refractivity contribution in [2.24, 2.45) is 5.73 Å². The van der Waals surface area contributed by atoms with Crippen molar-refractivity contribution in [3.8, 4) is 5.75 Å². The molecule has 0 aliphatic carbocycles. The Morgan fingerprint density at radius 1 is 1.37 bits per heavy atom. The second-order valence-electron chi connectivity index (χ2n) is 4.68. The Kier molecular flexibility index (Phi) is 5.06. The summed E-state index contributed by atoms with van der Waals surface area (Å²) in [5.41, 5.74) is 6.93. The van der Waals surface area contributed by atoms with Crippen molar-refractivity contribution >= 4 is 11.8 Å². The molecular weight excluding hydrogens is 246 g/mol. The number of carboxylic acid groups (broad SMARTS) is 1. The summed E-state index contributed by atoms with van der Waals surface area (Å²) < 4.78 is 5.13. The van der Waals surface area contributed by atoms with Crippen LogP contribution in [0.4, 0.5) is 0 Å². The largest absolute Gasteiger partial charge is 0.496 e. The Morgan fingerprint density at radius 2 is 2.00 bits per heavy atom. The SMILES string of the molecule is COc1ccc(C(C)C)cc1C(=O)C(N)CC(=O)O. The summed E-state index contributed by atoms with van der Waals surface area (Å²) in [4.78, 5) is 22.8. The molecule has 0 bridgehead atoms. The van der Waals surface area contributed by atoms with Gasteiger partial charge in [-0.1, -0.05) is 19.9 Å². The first-order valence-corrected chi connectivity index (χ1v) is 6.06. The van der Waals surface area contributed by atoms with Gasteiger partial charge in [0.2, 0.25) is 0 Å². The third-order valence-electron chi connectivity index (χ3n) is 2.89. The van der Waals surface area contributed by atoms with Gasteiger partial charge in [-0.3, -0.25) is 9.59 Å². The number of aliphatic carboxylic acids is 1. The molecule has 0 spiro atoms. The quantitative estimate of drug-likeness (QED) is 0.765. The molecule has 0 amide bonds. The summed E-state index contributed by atoms with van der Waals surface area (Å²) in [7, 11) is 1.46. The number of methoxy groups -OCH3 is 1. The fourth-order valence-corrected chi connectivity index (χ4v) is 1.76. The van der Waals surface area contributed by atoms with Crippen molar-refractivity contribution < 1.29 is 19.4 Å². The molecular formula is C14H19NO4. The number of ether oxygens (including phenoxy) is 1. The van der Waals surface area contributed by atoms with Crippen LogP contribution in [0.25, 0.3) is 0 Å². The summed E-state index contributed by atoms with van der Waals surface area (Å²) >= 11 is 0. The molecule has 3 N–H and O–H groups in total. The van der Waals surface area contributed by atoms with Gasteiger partial charge in [-0.2, -0.15) is 0 Å². The maximum atomic E-state index is 12.2. The van der Waals surface area contributed by atoms with Crippen LogP contribution in [0.1, 0.15) is 42.1 Å². The van der Waals surface area contributed by atoms with E-state index in [9.17, 15) is 9.59 Å². The summed E-state index contributed by atoms with van der Waals surface area (Å²) in [6, 6.07) is 4.24. The van der Waals surface area contributed by atoms with Gasteiger partial charge in [-0.25, -0.2) is 0 Å². The molecule has 19 heavy (non-hydrogen) atoms. The molecule has 0 aliphatic rings. The monoisotopic (exact) mass is 265 g/mol. The zero-order valence-corrected chi connectivity index (χ0v) is 11.3. The highest BCUT2D eigenvalue weighted by atomic mass is 16.5. The zero-order chi connectivity index (χ0) is 14.6. The Labute approximate surface area is 112 Å². The fraction of sp³-hybridized carbons (Fsp3) is 0.429. The first-order chi connectivity index (χ1) is 8.86. The summed E-state index contributed by atoms with van der Waals surface area (Å²) in [6.07, 6.45) is -0.395. The predicted octanol–water partition coefficient (Wildman–Crippen LogP) is 1.80. The van der Waals surface area contributed by atoms with E-state index >= 15 is 0 Å². The third kappa shape index (κ3) is 3.79. The van der Waals surface area contributed by atoms with Crippen molar-refractivity contribution in [1.29, 1.82) is 0 Å². The number of carboxylic acids is 1. The molecule has 5 heteroatoms. The van der Waals surface area contributed by atoms with Gasteiger partial charge in [0.05, 0.1) is 25.1 Å². The molecule has 0 saturated heterocycles. The van der Waals surface area contributed by atoms with Crippen LogP contribution in [0.2, 0.25) is 0 Å². The van der Waals surface area contributed by atoms with Crippen molar-refractivity contribution in [3.63, 3.8) is 0 Å². The molecule has 1 rings (SSSR count). The number of benzene rings is 1. The van der Waals surface area contributed by atoms with E-state index in [1.807, 2.05) is 19.9 Å². The van der Waals surface area contributed by atoms with Crippen LogP contribution in [-0.2, 0) is 4.79 Å². The van der Waals surface area contributed by atoms with E-state index in [1.165, 1.54) is 7.11 Å². The van der Waals surface area contributed by atoms with Crippen molar-refractivity contribution in [3.05, 3.63) is 29.3 Å². The van der Waals surface area contributed by atoms with E-state index in [0.29, 0.717) is 11.3 Å². The highest BCUT2D eigenvalue weighted by Crippen LogP contribution is 2.25. The minimum atomic E-state index is -1.10. The van der Waals surface area contributed by atoms with E-state index in [1.54, 1.807) is 12.1 Å². The lowest BCUT2D eigenvalue weighted by atomic mass is 9.95. The Bertz CT molecular complexity index is 482. The molecule has 104 valence electrons. The van der Waals surface area contributed by atoms with Crippen LogP contribution in [0, 0.1) is 0 Å². The number of nitrogens with two attached hydrogens (primary N) is 1. The standard InChI is InChI=1S/C14H19NO4/c1-8(2)9-4-5-12(19-3)10(6-9)14(18)11(15)7-13(16)17/h4-6,8,11H,7,15H2,1-3H3,(H,16,17). The normalized spacial score (nSPS) is 12.3. The van der Waals surface area contributed by atoms with Gasteiger partial charge in [0.15, 0.2) is 5.78 Å². The van der Waals surface area contributed by atoms with E-state index in [-0.39, 0.29) is 5.92 Å². The third-order valence-corrected chi connectivity index (χ3v) is 2.89. The summed E-state index contributed by atoms with van der Waals surface area (Å²) in [6.45, 7) is 4.01. The van der Waals surface area contributed by atoms with Gasteiger partial charge in [0, 0.05) is 0 Å². The van der Waals surface area contributed by atoms with Crippen LogP contribution in [0.3, 0.4) is 0 Å². The number of hydrogen-bond acceptors (Lipinski definition) is 4. The lowest BCUT2D eigenvalue weighted by Gasteiger charge is -2.14. The van der Waals surface area contributed by atoms with Gasteiger partial charge in [0.1, 0.15) is 5.75 Å². The number of Topliss-reactive ketones (excluding diaryl/α,β-unsaturated/α-hetero) is 1. The Balaban J connectivity index is 3.12. The summed E-state index contributed by atoms with van der Waals surface area (Å²) in [5.74, 6) is -0.843. The smallest absolute Gasteiger partial charge is 0.305 e. The molecule has 0 heterocycles. The van der Waals surface area contributed by atoms with Crippen molar-refractivity contribution in [1.82, 2.24) is 0 Å². The number of hydrogen-bond donors (Lipinski definition) is 2. The highest BCUT2D eigenvalue weighted by molar-refractivity contribution is 6.03. The lowest BCUT2D eigenvalue weighted by molar-refractivity contribution is -0.137. The molecule has 0 saturated carbocycles. The van der Waals surface area contributed by atoms with Gasteiger partial charge in [-0.05, 0) is 23.6 Å². The Morgan fingerprint density at radius 3 is 2.47 bits per heavy atom. The van der Waals surface area contributed by atoms with Crippen LogP contribution < -0.4 is 10.5 Å². The molecule has 0 fully saturated rings. The van der Waals surface area contributed by atoms with E-state index < -0.39 is 24.2 Å². The van der Waals surface area contributed by atoms with Crippen LogP contribution in [0.5, 0.6) is 5.75 Å². The average Bonchev–Trinajstić information content (AvgIpc) is 2.36. The minimum absolute atomic E-state index is 0.258. The molecule has 0 aliphatic heterocycles. The van der Waals surface area contributed by atoms with E-state index in [4.69, 9.17) is 15.6 Å². The minimum Gasteiger partial charge on any atom is -0.496 e. The fourth-order valence-electron chi connectivity index (χ4n) is 1.76. The molecule has 1 unspecified atom stereocenters. The summed E-state index contributed by atoms with van der Waals surface area (Å²) in [5, 5.41) is 8.69. The predicted molar refractivity (Wildman–Crippen MR) is 71.6 cm³/mol. The van der Waals surface area contributed by atoms with Gasteiger partial charge in [-0.15, -0.1) is 0 Å². The molecule has 1 aromatic rings. The van der Waals surface area contributed by atoms with E-state index in [2.05, 4.69) is 0 Å². The van der Waals surface area contributed by atoms with Crippen LogP contribution in [-0.4, -0.2) is 30.0 Å². The zero-order valence-electron chi connectivity index (χ0n) is 11.3. The second-order valence-corrected chi connectivity index (χ2v) is 4.68. The topological polar surface area (TPSA) is 89.6 Å². The number of carbonyl (C=O) groups is 2. The molecule has 0 aromatic heterocycles. The van der Waals surface area contributed by atoms with Crippen LogP contribution >= 0.6 is 0 Å².